The van der Waals surface area contributed by atoms with Crippen molar-refractivity contribution < 1.29 is 9.47 Å². The number of halogens is 1. The van der Waals surface area contributed by atoms with Gasteiger partial charge in [0.25, 0.3) is 0 Å². The third-order valence-corrected chi connectivity index (χ3v) is 4.06. The van der Waals surface area contributed by atoms with Crippen molar-refractivity contribution in [2.24, 2.45) is 0 Å². The Hall–Kier alpha value is -1.94. The first-order valence-corrected chi connectivity index (χ1v) is 7.22. The number of methoxy groups -OCH3 is 2. The van der Waals surface area contributed by atoms with Gasteiger partial charge in [0, 0.05) is 12.3 Å². The van der Waals surface area contributed by atoms with Gasteiger partial charge in [0.2, 0.25) is 0 Å². The number of benzene rings is 1. The lowest BCUT2D eigenvalue weighted by Gasteiger charge is -2.18. The third-order valence-electron chi connectivity index (χ3n) is 3.76. The Balaban J connectivity index is 1.91. The number of anilines is 1. The van der Waals surface area contributed by atoms with E-state index in [0.717, 1.165) is 24.2 Å². The van der Waals surface area contributed by atoms with Gasteiger partial charge in [0.15, 0.2) is 0 Å². The molecular weight excluding hydrogens is 288 g/mol. The van der Waals surface area contributed by atoms with Gasteiger partial charge in [-0.3, -0.25) is 4.98 Å². The first-order chi connectivity index (χ1) is 10.2. The molecule has 0 radical (unpaired) electrons. The Morgan fingerprint density at radius 1 is 1.24 bits per heavy atom. The zero-order chi connectivity index (χ0) is 14.8. The largest absolute Gasteiger partial charge is 0.495 e. The quantitative estimate of drug-likeness (QED) is 0.931. The molecule has 1 aliphatic rings. The highest BCUT2D eigenvalue weighted by atomic mass is 35.5. The van der Waals surface area contributed by atoms with E-state index in [1.165, 1.54) is 5.56 Å². The molecule has 21 heavy (non-hydrogen) atoms. The molecule has 1 heterocycles. The molecule has 0 spiro atoms. The summed E-state index contributed by atoms with van der Waals surface area (Å²) < 4.78 is 10.6. The number of rotatable bonds is 4. The van der Waals surface area contributed by atoms with Crippen LogP contribution >= 0.6 is 11.6 Å². The van der Waals surface area contributed by atoms with Gasteiger partial charge in [-0.15, -0.1) is 0 Å². The van der Waals surface area contributed by atoms with Crippen LogP contribution in [0.15, 0.2) is 30.5 Å². The number of hydrogen-bond acceptors (Lipinski definition) is 4. The lowest BCUT2D eigenvalue weighted by Crippen LogP contribution is -2.09. The molecule has 0 saturated heterocycles. The van der Waals surface area contributed by atoms with E-state index in [4.69, 9.17) is 21.1 Å². The number of hydrogen-bond donors (Lipinski definition) is 1. The van der Waals surface area contributed by atoms with Gasteiger partial charge in [-0.25, -0.2) is 0 Å². The van der Waals surface area contributed by atoms with Gasteiger partial charge >= 0.3 is 0 Å². The van der Waals surface area contributed by atoms with Crippen LogP contribution in [0.3, 0.4) is 0 Å². The van der Waals surface area contributed by atoms with Crippen LogP contribution in [-0.2, 0) is 6.42 Å². The molecule has 0 fully saturated rings. The molecule has 110 valence electrons. The fourth-order valence-electron chi connectivity index (χ4n) is 2.71. The summed E-state index contributed by atoms with van der Waals surface area (Å²) in [7, 11) is 3.22. The SMILES string of the molecule is COc1cc(OC)c(NC2CCc3cccnc32)cc1Cl. The zero-order valence-electron chi connectivity index (χ0n) is 12.0. The van der Waals surface area contributed by atoms with E-state index < -0.39 is 0 Å². The van der Waals surface area contributed by atoms with Gasteiger partial charge in [-0.2, -0.15) is 0 Å². The van der Waals surface area contributed by atoms with Gasteiger partial charge in [-0.05, 0) is 30.5 Å². The summed E-state index contributed by atoms with van der Waals surface area (Å²) in [5.74, 6) is 1.31. The minimum absolute atomic E-state index is 0.180. The van der Waals surface area contributed by atoms with Crippen LogP contribution in [0.4, 0.5) is 5.69 Å². The highest BCUT2D eigenvalue weighted by Gasteiger charge is 2.24. The maximum absolute atomic E-state index is 6.21. The Bertz CT molecular complexity index is 661. The van der Waals surface area contributed by atoms with Crippen LogP contribution in [0.5, 0.6) is 11.5 Å². The van der Waals surface area contributed by atoms with E-state index in [0.29, 0.717) is 16.5 Å². The molecule has 2 aromatic rings. The summed E-state index contributed by atoms with van der Waals surface area (Å²) in [6.07, 6.45) is 3.88. The molecule has 0 saturated carbocycles. The first kappa shape index (κ1) is 14.0. The number of aryl methyl sites for hydroxylation is 1. The summed E-state index contributed by atoms with van der Waals surface area (Å²) in [5.41, 5.74) is 3.26. The summed E-state index contributed by atoms with van der Waals surface area (Å²) in [4.78, 5) is 4.49. The van der Waals surface area contributed by atoms with Crippen molar-refractivity contribution in [1.82, 2.24) is 4.98 Å². The van der Waals surface area contributed by atoms with Crippen LogP contribution in [0.2, 0.25) is 5.02 Å². The van der Waals surface area contributed by atoms with Crippen LogP contribution < -0.4 is 14.8 Å². The highest BCUT2D eigenvalue weighted by Crippen LogP contribution is 2.39. The maximum atomic E-state index is 6.21. The molecule has 1 N–H and O–H groups in total. The van der Waals surface area contributed by atoms with E-state index in [-0.39, 0.29) is 6.04 Å². The molecule has 1 aliphatic carbocycles. The van der Waals surface area contributed by atoms with Crippen molar-refractivity contribution in [2.45, 2.75) is 18.9 Å². The van der Waals surface area contributed by atoms with Crippen molar-refractivity contribution >= 4 is 17.3 Å². The van der Waals surface area contributed by atoms with Crippen molar-refractivity contribution in [3.05, 3.63) is 46.7 Å². The molecule has 1 aromatic heterocycles. The molecule has 0 bridgehead atoms. The normalized spacial score (nSPS) is 16.4. The maximum Gasteiger partial charge on any atom is 0.145 e. The summed E-state index contributed by atoms with van der Waals surface area (Å²) in [6, 6.07) is 7.91. The number of ether oxygens (including phenoxy) is 2. The molecule has 0 aliphatic heterocycles. The number of pyridine rings is 1. The van der Waals surface area contributed by atoms with E-state index in [9.17, 15) is 0 Å². The van der Waals surface area contributed by atoms with E-state index >= 15 is 0 Å². The third kappa shape index (κ3) is 2.63. The Labute approximate surface area is 129 Å². The van der Waals surface area contributed by atoms with Crippen LogP contribution in [-0.4, -0.2) is 19.2 Å². The second-order valence-corrected chi connectivity index (χ2v) is 5.38. The average Bonchev–Trinajstić information content (AvgIpc) is 2.91. The monoisotopic (exact) mass is 304 g/mol. The zero-order valence-corrected chi connectivity index (χ0v) is 12.8. The summed E-state index contributed by atoms with van der Waals surface area (Å²) in [6.45, 7) is 0. The lowest BCUT2D eigenvalue weighted by molar-refractivity contribution is 0.395. The molecule has 5 heteroatoms. The molecule has 4 nitrogen and oxygen atoms in total. The predicted octanol–water partition coefficient (Wildman–Crippen LogP) is 3.85. The van der Waals surface area contributed by atoms with Crippen LogP contribution in [0, 0.1) is 0 Å². The van der Waals surface area contributed by atoms with Gasteiger partial charge < -0.3 is 14.8 Å². The van der Waals surface area contributed by atoms with Crippen molar-refractivity contribution in [2.75, 3.05) is 19.5 Å². The van der Waals surface area contributed by atoms with Gasteiger partial charge in [0.1, 0.15) is 11.5 Å². The van der Waals surface area contributed by atoms with E-state index in [1.54, 1.807) is 20.3 Å². The first-order valence-electron chi connectivity index (χ1n) is 6.84. The summed E-state index contributed by atoms with van der Waals surface area (Å²) in [5, 5.41) is 4.04. The molecule has 1 aromatic carbocycles. The van der Waals surface area contributed by atoms with Crippen molar-refractivity contribution in [1.29, 1.82) is 0 Å². The average molecular weight is 305 g/mol. The molecule has 1 atom stereocenters. The Kier molecular flexibility index (Phi) is 3.88. The standard InChI is InChI=1S/C16H17ClN2O2/c1-20-14-9-15(21-2)13(8-11(14)17)19-12-6-5-10-4-3-7-18-16(10)12/h3-4,7-9,12,19H,5-6H2,1-2H3. The predicted molar refractivity (Wildman–Crippen MR) is 83.5 cm³/mol. The van der Waals surface area contributed by atoms with Crippen LogP contribution in [0.1, 0.15) is 23.7 Å². The smallest absolute Gasteiger partial charge is 0.145 e. The molecule has 0 amide bonds. The van der Waals surface area contributed by atoms with E-state index in [2.05, 4.69) is 16.4 Å². The Morgan fingerprint density at radius 3 is 2.81 bits per heavy atom. The minimum Gasteiger partial charge on any atom is -0.495 e. The molecular formula is C16H17ClN2O2. The highest BCUT2D eigenvalue weighted by molar-refractivity contribution is 6.32. The number of nitrogens with zero attached hydrogens (tertiary/aromatic N) is 1. The topological polar surface area (TPSA) is 43.4 Å². The van der Waals surface area contributed by atoms with Crippen molar-refractivity contribution in [3.8, 4) is 11.5 Å². The summed E-state index contributed by atoms with van der Waals surface area (Å²) >= 11 is 6.21. The van der Waals surface area contributed by atoms with E-state index in [1.807, 2.05) is 18.3 Å². The van der Waals surface area contributed by atoms with Crippen molar-refractivity contribution in [3.63, 3.8) is 0 Å². The number of fused-ring (bicyclic) bond motifs is 1. The fourth-order valence-corrected chi connectivity index (χ4v) is 2.95. The molecule has 3 rings (SSSR count). The molecule has 1 unspecified atom stereocenters. The lowest BCUT2D eigenvalue weighted by atomic mass is 10.2. The second kappa shape index (κ2) is 5.82. The van der Waals surface area contributed by atoms with Gasteiger partial charge in [0.05, 0.1) is 36.7 Å². The number of aromatic nitrogens is 1. The fraction of sp³-hybridized carbons (Fsp3) is 0.312. The van der Waals surface area contributed by atoms with Crippen LogP contribution in [0.25, 0.3) is 0 Å². The number of nitrogens with one attached hydrogen (secondary N) is 1. The second-order valence-electron chi connectivity index (χ2n) is 4.97. The minimum atomic E-state index is 0.180. The van der Waals surface area contributed by atoms with Gasteiger partial charge in [-0.1, -0.05) is 17.7 Å². The Morgan fingerprint density at radius 2 is 2.05 bits per heavy atom.